The molecule has 1 aromatic heterocycles. The summed E-state index contributed by atoms with van der Waals surface area (Å²) in [6, 6.07) is 10.2. The highest BCUT2D eigenvalue weighted by Gasteiger charge is 2.25. The van der Waals surface area contributed by atoms with Gasteiger partial charge < -0.3 is 5.73 Å². The summed E-state index contributed by atoms with van der Waals surface area (Å²) in [5.41, 5.74) is 9.38. The molecule has 5 heteroatoms. The fourth-order valence-electron chi connectivity index (χ4n) is 3.43. The van der Waals surface area contributed by atoms with Crippen molar-refractivity contribution in [2.75, 3.05) is 6.54 Å². The van der Waals surface area contributed by atoms with Crippen LogP contribution in [0.5, 0.6) is 0 Å². The third-order valence-electron chi connectivity index (χ3n) is 4.58. The second-order valence-electron chi connectivity index (χ2n) is 6.44. The van der Waals surface area contributed by atoms with Crippen LogP contribution in [-0.4, -0.2) is 33.2 Å². The average Bonchev–Trinajstić information content (AvgIpc) is 3.06. The molecule has 1 atom stereocenters. The second-order valence-corrected chi connectivity index (χ2v) is 6.44. The Kier molecular flexibility index (Phi) is 4.48. The first-order valence-electron chi connectivity index (χ1n) is 8.17. The maximum absolute atomic E-state index is 11.3. The number of amides is 1. The van der Waals surface area contributed by atoms with E-state index in [2.05, 4.69) is 33.7 Å². The Bertz CT molecular complexity index is 707. The lowest BCUT2D eigenvalue weighted by Gasteiger charge is -2.25. The molecule has 23 heavy (non-hydrogen) atoms. The topological polar surface area (TPSA) is 64.2 Å². The Balaban J connectivity index is 1.70. The highest BCUT2D eigenvalue weighted by Crippen LogP contribution is 2.22. The minimum absolute atomic E-state index is 0.368. The van der Waals surface area contributed by atoms with Crippen LogP contribution in [0.15, 0.2) is 30.3 Å². The maximum atomic E-state index is 11.3. The molecule has 2 heterocycles. The van der Waals surface area contributed by atoms with Gasteiger partial charge in [-0.3, -0.25) is 14.4 Å². The van der Waals surface area contributed by atoms with Crippen LogP contribution in [-0.2, 0) is 13.1 Å². The van der Waals surface area contributed by atoms with Crippen molar-refractivity contribution in [2.45, 2.75) is 45.8 Å². The molecule has 1 aliphatic heterocycles. The number of aryl methyl sites for hydroxylation is 2. The van der Waals surface area contributed by atoms with E-state index in [0.29, 0.717) is 11.6 Å². The van der Waals surface area contributed by atoms with Crippen LogP contribution in [0.4, 0.5) is 0 Å². The van der Waals surface area contributed by atoms with Crippen LogP contribution in [0, 0.1) is 13.8 Å². The standard InChI is InChI=1S/C18H24N4O/c1-13-9-14(2)22(20-13)12-17-7-4-8-21(17)11-15-5-3-6-16(10-15)18(19)23/h3,5-6,9-10,17H,4,7-8,11-12H2,1-2H3,(H2,19,23). The van der Waals surface area contributed by atoms with Crippen molar-refractivity contribution in [2.24, 2.45) is 5.73 Å². The number of hydrogen-bond donors (Lipinski definition) is 1. The molecule has 1 aliphatic rings. The molecule has 1 unspecified atom stereocenters. The summed E-state index contributed by atoms with van der Waals surface area (Å²) in [7, 11) is 0. The predicted octanol–water partition coefficient (Wildman–Crippen LogP) is 2.26. The number of rotatable bonds is 5. The third kappa shape index (κ3) is 3.62. The molecule has 1 fully saturated rings. The van der Waals surface area contributed by atoms with Crippen molar-refractivity contribution in [3.63, 3.8) is 0 Å². The largest absolute Gasteiger partial charge is 0.366 e. The molecule has 0 aliphatic carbocycles. The Morgan fingerprint density at radius 2 is 2.17 bits per heavy atom. The molecule has 1 saturated heterocycles. The number of benzene rings is 1. The van der Waals surface area contributed by atoms with Gasteiger partial charge in [-0.15, -0.1) is 0 Å². The summed E-state index contributed by atoms with van der Waals surface area (Å²) < 4.78 is 2.11. The van der Waals surface area contributed by atoms with E-state index >= 15 is 0 Å². The first-order chi connectivity index (χ1) is 11.0. The molecule has 0 bridgehead atoms. The van der Waals surface area contributed by atoms with Gasteiger partial charge in [0.15, 0.2) is 0 Å². The number of carbonyl (C=O) groups is 1. The Labute approximate surface area is 137 Å². The van der Waals surface area contributed by atoms with Crippen LogP contribution in [0.3, 0.4) is 0 Å². The Morgan fingerprint density at radius 3 is 2.87 bits per heavy atom. The fourth-order valence-corrected chi connectivity index (χ4v) is 3.43. The van der Waals surface area contributed by atoms with Crippen LogP contribution in [0.25, 0.3) is 0 Å². The molecule has 3 rings (SSSR count). The number of primary amides is 1. The smallest absolute Gasteiger partial charge is 0.248 e. The van der Waals surface area contributed by atoms with Crippen molar-refractivity contribution in [1.82, 2.24) is 14.7 Å². The van der Waals surface area contributed by atoms with Gasteiger partial charge in [0.05, 0.1) is 12.2 Å². The van der Waals surface area contributed by atoms with Gasteiger partial charge in [0.2, 0.25) is 5.91 Å². The average molecular weight is 312 g/mol. The highest BCUT2D eigenvalue weighted by atomic mass is 16.1. The fraction of sp³-hybridized carbons (Fsp3) is 0.444. The van der Waals surface area contributed by atoms with E-state index in [1.807, 2.05) is 19.1 Å². The molecule has 2 N–H and O–H groups in total. The first kappa shape index (κ1) is 15.7. The molecule has 0 saturated carbocycles. The number of aromatic nitrogens is 2. The van der Waals surface area contributed by atoms with E-state index in [0.717, 1.165) is 30.9 Å². The zero-order valence-corrected chi connectivity index (χ0v) is 13.8. The zero-order valence-electron chi connectivity index (χ0n) is 13.8. The molecular formula is C18H24N4O. The monoisotopic (exact) mass is 312 g/mol. The molecule has 5 nitrogen and oxygen atoms in total. The second kappa shape index (κ2) is 6.54. The van der Waals surface area contributed by atoms with Crippen molar-refractivity contribution >= 4 is 5.91 Å². The lowest BCUT2D eigenvalue weighted by atomic mass is 10.1. The molecular weight excluding hydrogens is 288 g/mol. The van der Waals surface area contributed by atoms with Crippen molar-refractivity contribution in [3.8, 4) is 0 Å². The summed E-state index contributed by atoms with van der Waals surface area (Å²) in [5.74, 6) is -0.368. The van der Waals surface area contributed by atoms with Gasteiger partial charge in [-0.05, 0) is 57.0 Å². The van der Waals surface area contributed by atoms with Gasteiger partial charge in [0, 0.05) is 23.8 Å². The normalized spacial score (nSPS) is 18.4. The van der Waals surface area contributed by atoms with Gasteiger partial charge in [-0.1, -0.05) is 12.1 Å². The maximum Gasteiger partial charge on any atom is 0.248 e. The van der Waals surface area contributed by atoms with Crippen molar-refractivity contribution in [3.05, 3.63) is 52.8 Å². The lowest BCUT2D eigenvalue weighted by Crippen LogP contribution is -2.33. The number of hydrogen-bond acceptors (Lipinski definition) is 3. The molecule has 0 radical (unpaired) electrons. The van der Waals surface area contributed by atoms with Crippen LogP contribution in [0.1, 0.15) is 40.2 Å². The van der Waals surface area contributed by atoms with Gasteiger partial charge >= 0.3 is 0 Å². The quantitative estimate of drug-likeness (QED) is 0.921. The van der Waals surface area contributed by atoms with Crippen LogP contribution < -0.4 is 5.73 Å². The lowest BCUT2D eigenvalue weighted by molar-refractivity contribution is 0.1000. The number of carbonyl (C=O) groups excluding carboxylic acids is 1. The van der Waals surface area contributed by atoms with Gasteiger partial charge in [-0.25, -0.2) is 0 Å². The molecule has 122 valence electrons. The van der Waals surface area contributed by atoms with Crippen molar-refractivity contribution in [1.29, 1.82) is 0 Å². The zero-order chi connectivity index (χ0) is 16.4. The Hall–Kier alpha value is -2.14. The number of nitrogens with zero attached hydrogens (tertiary/aromatic N) is 3. The first-order valence-corrected chi connectivity index (χ1v) is 8.17. The summed E-state index contributed by atoms with van der Waals surface area (Å²) in [6.45, 7) is 7.01. The minimum atomic E-state index is -0.368. The molecule has 2 aromatic rings. The third-order valence-corrected chi connectivity index (χ3v) is 4.58. The SMILES string of the molecule is Cc1cc(C)n(CC2CCCN2Cc2cccc(C(N)=O)c2)n1. The van der Waals surface area contributed by atoms with E-state index in [9.17, 15) is 4.79 Å². The van der Waals surface area contributed by atoms with E-state index in [-0.39, 0.29) is 5.91 Å². The molecule has 1 amide bonds. The van der Waals surface area contributed by atoms with E-state index in [1.54, 1.807) is 6.07 Å². The van der Waals surface area contributed by atoms with Gasteiger partial charge in [0.25, 0.3) is 0 Å². The molecule has 0 spiro atoms. The van der Waals surface area contributed by atoms with E-state index < -0.39 is 0 Å². The van der Waals surface area contributed by atoms with Crippen LogP contribution >= 0.6 is 0 Å². The molecule has 1 aromatic carbocycles. The predicted molar refractivity (Wildman–Crippen MR) is 90.1 cm³/mol. The summed E-state index contributed by atoms with van der Waals surface area (Å²) >= 11 is 0. The highest BCUT2D eigenvalue weighted by molar-refractivity contribution is 5.92. The van der Waals surface area contributed by atoms with Gasteiger partial charge in [-0.2, -0.15) is 5.10 Å². The summed E-state index contributed by atoms with van der Waals surface area (Å²) in [6.07, 6.45) is 2.40. The minimum Gasteiger partial charge on any atom is -0.366 e. The van der Waals surface area contributed by atoms with E-state index in [1.165, 1.54) is 18.5 Å². The summed E-state index contributed by atoms with van der Waals surface area (Å²) in [4.78, 5) is 13.8. The Morgan fingerprint density at radius 1 is 1.35 bits per heavy atom. The van der Waals surface area contributed by atoms with Crippen molar-refractivity contribution < 1.29 is 4.79 Å². The van der Waals surface area contributed by atoms with Crippen LogP contribution in [0.2, 0.25) is 0 Å². The van der Waals surface area contributed by atoms with E-state index in [4.69, 9.17) is 5.73 Å². The number of nitrogens with two attached hydrogens (primary N) is 1. The summed E-state index contributed by atoms with van der Waals surface area (Å²) in [5, 5.41) is 4.58. The van der Waals surface area contributed by atoms with Gasteiger partial charge in [0.1, 0.15) is 0 Å². The number of likely N-dealkylation sites (tertiary alicyclic amines) is 1.